The van der Waals surface area contributed by atoms with Gasteiger partial charge in [-0.25, -0.2) is 4.79 Å². The maximum Gasteiger partial charge on any atom is 0.335 e. The summed E-state index contributed by atoms with van der Waals surface area (Å²) < 4.78 is 9.84. The molecule has 0 fully saturated rings. The molecular weight excluding hydrogens is 262 g/mol. The average molecular weight is 287 g/mol. The molecular formula is C14H25NO5. The van der Waals surface area contributed by atoms with Crippen molar-refractivity contribution in [2.75, 3.05) is 13.2 Å². The second kappa shape index (κ2) is 10.3. The molecule has 0 aliphatic rings. The van der Waals surface area contributed by atoms with Crippen molar-refractivity contribution >= 4 is 11.9 Å². The largest absolute Gasteiger partial charge is 0.466 e. The lowest BCUT2D eigenvalue weighted by molar-refractivity contribution is -0.152. The van der Waals surface area contributed by atoms with E-state index in [0.717, 1.165) is 6.42 Å². The van der Waals surface area contributed by atoms with Gasteiger partial charge in [0.2, 0.25) is 0 Å². The van der Waals surface area contributed by atoms with E-state index in [1.807, 2.05) is 27.7 Å². The highest BCUT2D eigenvalue weighted by Gasteiger charge is 2.25. The van der Waals surface area contributed by atoms with Gasteiger partial charge in [-0.1, -0.05) is 32.9 Å². The lowest BCUT2D eigenvalue weighted by Crippen LogP contribution is -2.26. The molecule has 6 nitrogen and oxygen atoms in total. The molecule has 0 radical (unpaired) electrons. The molecule has 0 aliphatic heterocycles. The molecule has 0 bridgehead atoms. The van der Waals surface area contributed by atoms with E-state index in [1.54, 1.807) is 0 Å². The minimum Gasteiger partial charge on any atom is -0.466 e. The van der Waals surface area contributed by atoms with Gasteiger partial charge in [-0.05, 0) is 24.7 Å². The highest BCUT2D eigenvalue weighted by molar-refractivity contribution is 5.82. The Morgan fingerprint density at radius 1 is 0.950 bits per heavy atom. The van der Waals surface area contributed by atoms with Gasteiger partial charge in [0.05, 0.1) is 19.6 Å². The van der Waals surface area contributed by atoms with E-state index in [-0.39, 0.29) is 19.6 Å². The lowest BCUT2D eigenvalue weighted by Gasteiger charge is -2.11. The Morgan fingerprint density at radius 2 is 1.45 bits per heavy atom. The van der Waals surface area contributed by atoms with Gasteiger partial charge in [-0.15, -0.1) is 4.91 Å². The van der Waals surface area contributed by atoms with Crippen LogP contribution in [0.4, 0.5) is 0 Å². The predicted octanol–water partition coefficient (Wildman–Crippen LogP) is 2.69. The van der Waals surface area contributed by atoms with Crippen molar-refractivity contribution in [2.45, 2.75) is 53.0 Å². The number of rotatable bonds is 10. The summed E-state index contributed by atoms with van der Waals surface area (Å²) in [6.45, 7) is 8.52. The lowest BCUT2D eigenvalue weighted by atomic mass is 10.1. The molecule has 20 heavy (non-hydrogen) atoms. The third-order valence-electron chi connectivity index (χ3n) is 2.66. The molecule has 0 rings (SSSR count). The monoisotopic (exact) mass is 287 g/mol. The molecule has 0 amide bonds. The van der Waals surface area contributed by atoms with Gasteiger partial charge in [-0.2, -0.15) is 0 Å². The molecule has 116 valence electrons. The number of nitrogens with zero attached hydrogens (tertiary/aromatic N) is 1. The van der Waals surface area contributed by atoms with Crippen LogP contribution in [-0.2, 0) is 19.1 Å². The predicted molar refractivity (Wildman–Crippen MR) is 75.0 cm³/mol. The summed E-state index contributed by atoms with van der Waals surface area (Å²) in [5, 5.41) is 2.64. The van der Waals surface area contributed by atoms with Gasteiger partial charge < -0.3 is 9.47 Å². The third-order valence-corrected chi connectivity index (χ3v) is 2.66. The SMILES string of the molecule is CC(C)CCOC(=O)CC(N=O)C(=O)OCCC(C)C. The van der Waals surface area contributed by atoms with Crippen LogP contribution in [0.25, 0.3) is 0 Å². The second-order valence-corrected chi connectivity index (χ2v) is 5.58. The van der Waals surface area contributed by atoms with Crippen molar-refractivity contribution in [1.29, 1.82) is 0 Å². The molecule has 0 aromatic rings. The Morgan fingerprint density at radius 3 is 1.90 bits per heavy atom. The number of hydrogen-bond donors (Lipinski definition) is 0. The zero-order valence-electron chi connectivity index (χ0n) is 12.8. The molecule has 0 heterocycles. The van der Waals surface area contributed by atoms with Gasteiger partial charge in [-0.3, -0.25) is 4.79 Å². The van der Waals surface area contributed by atoms with Gasteiger partial charge in [0.1, 0.15) is 0 Å². The minimum atomic E-state index is -1.31. The second-order valence-electron chi connectivity index (χ2n) is 5.58. The molecule has 0 saturated heterocycles. The first-order valence-corrected chi connectivity index (χ1v) is 7.01. The fraction of sp³-hybridized carbons (Fsp3) is 0.857. The molecule has 1 unspecified atom stereocenters. The summed E-state index contributed by atoms with van der Waals surface area (Å²) in [5.41, 5.74) is 0. The Kier molecular flexibility index (Phi) is 9.59. The molecule has 0 saturated carbocycles. The number of nitroso groups, excluding NO2 is 1. The Bertz CT molecular complexity index is 315. The van der Waals surface area contributed by atoms with E-state index in [4.69, 9.17) is 9.47 Å². The van der Waals surface area contributed by atoms with Crippen LogP contribution >= 0.6 is 0 Å². The number of carbonyl (C=O) groups is 2. The molecule has 0 N–H and O–H groups in total. The minimum absolute atomic E-state index is 0.227. The Balaban J connectivity index is 4.03. The van der Waals surface area contributed by atoms with Crippen LogP contribution in [0.2, 0.25) is 0 Å². The van der Waals surface area contributed by atoms with Gasteiger partial charge in [0.15, 0.2) is 6.04 Å². The van der Waals surface area contributed by atoms with Crippen LogP contribution in [0, 0.1) is 16.7 Å². The Labute approximate surface area is 120 Å². The van der Waals surface area contributed by atoms with Crippen LogP contribution in [0.15, 0.2) is 5.18 Å². The zero-order valence-corrected chi connectivity index (χ0v) is 12.8. The number of ether oxygens (including phenoxy) is 2. The summed E-state index contributed by atoms with van der Waals surface area (Å²) in [7, 11) is 0. The highest BCUT2D eigenvalue weighted by atomic mass is 16.5. The van der Waals surface area contributed by atoms with Crippen LogP contribution in [0.1, 0.15) is 47.0 Å². The van der Waals surface area contributed by atoms with E-state index in [9.17, 15) is 14.5 Å². The van der Waals surface area contributed by atoms with E-state index in [2.05, 4.69) is 5.18 Å². The standard InChI is InChI=1S/C14H25NO5/c1-10(2)5-7-19-13(16)9-12(15-18)14(17)20-8-6-11(3)4/h10-12H,5-9H2,1-4H3. The Hall–Kier alpha value is -1.46. The van der Waals surface area contributed by atoms with E-state index < -0.39 is 18.0 Å². The molecule has 0 aromatic heterocycles. The number of carbonyl (C=O) groups excluding carboxylic acids is 2. The summed E-state index contributed by atoms with van der Waals surface area (Å²) >= 11 is 0. The number of esters is 2. The molecule has 1 atom stereocenters. The van der Waals surface area contributed by atoms with Crippen molar-refractivity contribution < 1.29 is 19.1 Å². The van der Waals surface area contributed by atoms with Crippen molar-refractivity contribution in [2.24, 2.45) is 17.0 Å². The highest BCUT2D eigenvalue weighted by Crippen LogP contribution is 2.07. The van der Waals surface area contributed by atoms with Crippen molar-refractivity contribution in [3.05, 3.63) is 4.91 Å². The van der Waals surface area contributed by atoms with E-state index in [0.29, 0.717) is 18.3 Å². The van der Waals surface area contributed by atoms with Crippen LogP contribution in [-0.4, -0.2) is 31.2 Å². The van der Waals surface area contributed by atoms with E-state index >= 15 is 0 Å². The summed E-state index contributed by atoms with van der Waals surface area (Å²) in [5.74, 6) is -0.548. The van der Waals surface area contributed by atoms with Gasteiger partial charge >= 0.3 is 11.9 Å². The maximum absolute atomic E-state index is 11.5. The molecule has 0 spiro atoms. The zero-order chi connectivity index (χ0) is 15.5. The first-order valence-electron chi connectivity index (χ1n) is 7.01. The van der Waals surface area contributed by atoms with Crippen LogP contribution in [0.3, 0.4) is 0 Å². The fourth-order valence-corrected chi connectivity index (χ4v) is 1.28. The molecule has 6 heteroatoms. The normalized spacial score (nSPS) is 12.3. The van der Waals surface area contributed by atoms with Crippen LogP contribution < -0.4 is 0 Å². The summed E-state index contributed by atoms with van der Waals surface area (Å²) in [4.78, 5) is 33.6. The maximum atomic E-state index is 11.5. The first-order chi connectivity index (χ1) is 9.36. The summed E-state index contributed by atoms with van der Waals surface area (Å²) in [6.07, 6.45) is 1.09. The molecule has 0 aliphatic carbocycles. The quantitative estimate of drug-likeness (QED) is 0.455. The van der Waals surface area contributed by atoms with Gasteiger partial charge in [0, 0.05) is 0 Å². The third kappa shape index (κ3) is 9.47. The smallest absolute Gasteiger partial charge is 0.335 e. The topological polar surface area (TPSA) is 82.0 Å². The molecule has 0 aromatic carbocycles. The van der Waals surface area contributed by atoms with Crippen LogP contribution in [0.5, 0.6) is 0 Å². The fourth-order valence-electron chi connectivity index (χ4n) is 1.28. The van der Waals surface area contributed by atoms with E-state index in [1.165, 1.54) is 0 Å². The first kappa shape index (κ1) is 18.5. The van der Waals surface area contributed by atoms with Crippen molar-refractivity contribution in [3.8, 4) is 0 Å². The van der Waals surface area contributed by atoms with Gasteiger partial charge in [0.25, 0.3) is 0 Å². The summed E-state index contributed by atoms with van der Waals surface area (Å²) in [6, 6.07) is -1.31. The van der Waals surface area contributed by atoms with Crippen molar-refractivity contribution in [1.82, 2.24) is 0 Å². The average Bonchev–Trinajstić information content (AvgIpc) is 2.34. The number of hydrogen-bond acceptors (Lipinski definition) is 6. The van der Waals surface area contributed by atoms with Crippen molar-refractivity contribution in [3.63, 3.8) is 0 Å².